The molecule has 1 aromatic carbocycles. The highest BCUT2D eigenvalue weighted by molar-refractivity contribution is 6.05. The fraction of sp³-hybridized carbons (Fsp3) is 0.429. The van der Waals surface area contributed by atoms with Crippen molar-refractivity contribution < 1.29 is 14.7 Å². The molecule has 1 aliphatic heterocycles. The summed E-state index contributed by atoms with van der Waals surface area (Å²) in [5.74, 6) is -0.198. The molecular weight excluding hydrogens is 244 g/mol. The fourth-order valence-corrected chi connectivity index (χ4v) is 1.91. The van der Waals surface area contributed by atoms with Crippen LogP contribution in [0.15, 0.2) is 35.5 Å². The molecule has 19 heavy (non-hydrogen) atoms. The molecule has 0 saturated heterocycles. The second kappa shape index (κ2) is 5.84. The van der Waals surface area contributed by atoms with E-state index in [-0.39, 0.29) is 12.5 Å². The topological polar surface area (TPSA) is 70.9 Å². The van der Waals surface area contributed by atoms with Crippen LogP contribution in [0.4, 0.5) is 0 Å². The number of hydrogen-bond donors (Lipinski definition) is 2. The smallest absolute Gasteiger partial charge is 0.267 e. The Morgan fingerprint density at radius 3 is 2.89 bits per heavy atom. The minimum Gasteiger partial charge on any atom is -0.396 e. The van der Waals surface area contributed by atoms with Crippen molar-refractivity contribution in [1.82, 2.24) is 5.32 Å². The van der Waals surface area contributed by atoms with Crippen molar-refractivity contribution in [1.29, 1.82) is 0 Å². The van der Waals surface area contributed by atoms with Crippen LogP contribution in [0, 0.1) is 0 Å². The van der Waals surface area contributed by atoms with Crippen LogP contribution in [-0.2, 0) is 9.63 Å². The maximum atomic E-state index is 12.0. The molecule has 0 saturated carbocycles. The Morgan fingerprint density at radius 2 is 2.21 bits per heavy atom. The van der Waals surface area contributed by atoms with Gasteiger partial charge in [-0.3, -0.25) is 4.79 Å². The third-order valence-corrected chi connectivity index (χ3v) is 3.07. The SMILES string of the molecule is C[C@@]1(C(=O)NCCCO)CC(c2ccccc2)=NO1. The monoisotopic (exact) mass is 262 g/mol. The van der Waals surface area contributed by atoms with Gasteiger partial charge in [0.1, 0.15) is 0 Å². The molecule has 0 fully saturated rings. The summed E-state index contributed by atoms with van der Waals surface area (Å²) < 4.78 is 0. The van der Waals surface area contributed by atoms with Crippen molar-refractivity contribution >= 4 is 11.6 Å². The first-order valence-corrected chi connectivity index (χ1v) is 6.35. The van der Waals surface area contributed by atoms with Crippen molar-refractivity contribution in [3.8, 4) is 0 Å². The van der Waals surface area contributed by atoms with Crippen LogP contribution in [0.3, 0.4) is 0 Å². The van der Waals surface area contributed by atoms with E-state index in [0.717, 1.165) is 11.3 Å². The summed E-state index contributed by atoms with van der Waals surface area (Å²) in [6.45, 7) is 2.22. The quantitative estimate of drug-likeness (QED) is 0.780. The summed E-state index contributed by atoms with van der Waals surface area (Å²) in [5.41, 5.74) is 0.787. The van der Waals surface area contributed by atoms with Gasteiger partial charge in [-0.2, -0.15) is 0 Å². The maximum Gasteiger partial charge on any atom is 0.267 e. The standard InChI is InChI=1S/C14H18N2O3/c1-14(13(18)15-8-5-9-17)10-12(16-19-14)11-6-3-2-4-7-11/h2-4,6-7,17H,5,8-10H2,1H3,(H,15,18)/t14-/m0/s1. The lowest BCUT2D eigenvalue weighted by atomic mass is 9.95. The predicted molar refractivity (Wildman–Crippen MR) is 71.8 cm³/mol. The molecule has 0 spiro atoms. The van der Waals surface area contributed by atoms with E-state index in [1.165, 1.54) is 0 Å². The van der Waals surface area contributed by atoms with Crippen LogP contribution in [0.25, 0.3) is 0 Å². The Labute approximate surface area is 112 Å². The lowest BCUT2D eigenvalue weighted by Crippen LogP contribution is -2.45. The number of rotatable bonds is 5. The van der Waals surface area contributed by atoms with E-state index in [4.69, 9.17) is 9.94 Å². The van der Waals surface area contributed by atoms with Crippen molar-refractivity contribution in [2.24, 2.45) is 5.16 Å². The minimum atomic E-state index is -0.958. The zero-order valence-corrected chi connectivity index (χ0v) is 10.9. The highest BCUT2D eigenvalue weighted by Gasteiger charge is 2.41. The molecular formula is C14H18N2O3. The molecule has 2 rings (SSSR count). The van der Waals surface area contributed by atoms with Gasteiger partial charge < -0.3 is 15.3 Å². The van der Waals surface area contributed by atoms with E-state index < -0.39 is 5.60 Å². The molecule has 0 aliphatic carbocycles. The molecule has 1 amide bonds. The molecule has 1 atom stereocenters. The maximum absolute atomic E-state index is 12.0. The molecule has 1 aliphatic rings. The predicted octanol–water partition coefficient (Wildman–Crippen LogP) is 1.07. The van der Waals surface area contributed by atoms with Crippen LogP contribution in [-0.4, -0.2) is 35.5 Å². The third kappa shape index (κ3) is 3.12. The van der Waals surface area contributed by atoms with Gasteiger partial charge in [0, 0.05) is 19.6 Å². The first kappa shape index (κ1) is 13.5. The molecule has 0 unspecified atom stereocenters. The average molecular weight is 262 g/mol. The Morgan fingerprint density at radius 1 is 1.47 bits per heavy atom. The van der Waals surface area contributed by atoms with Crippen molar-refractivity contribution in [2.75, 3.05) is 13.2 Å². The Hall–Kier alpha value is -1.88. The second-order valence-electron chi connectivity index (χ2n) is 4.74. The van der Waals surface area contributed by atoms with Crippen LogP contribution in [0.1, 0.15) is 25.3 Å². The molecule has 5 nitrogen and oxygen atoms in total. The highest BCUT2D eigenvalue weighted by Crippen LogP contribution is 2.26. The highest BCUT2D eigenvalue weighted by atomic mass is 16.7. The summed E-state index contributed by atoms with van der Waals surface area (Å²) in [6, 6.07) is 9.67. The summed E-state index contributed by atoms with van der Waals surface area (Å²) in [5, 5.41) is 15.4. The average Bonchev–Trinajstić information content (AvgIpc) is 2.84. The first-order chi connectivity index (χ1) is 9.15. The first-order valence-electron chi connectivity index (χ1n) is 6.35. The number of nitrogens with one attached hydrogen (secondary N) is 1. The van der Waals surface area contributed by atoms with Gasteiger partial charge in [0.05, 0.1) is 5.71 Å². The number of carbonyl (C=O) groups excluding carboxylic acids is 1. The number of hydrogen-bond acceptors (Lipinski definition) is 4. The molecule has 1 aromatic rings. The van der Waals surface area contributed by atoms with Gasteiger partial charge in [-0.25, -0.2) is 0 Å². The van der Waals surface area contributed by atoms with E-state index in [2.05, 4.69) is 10.5 Å². The third-order valence-electron chi connectivity index (χ3n) is 3.07. The van der Waals surface area contributed by atoms with Gasteiger partial charge in [0.2, 0.25) is 5.60 Å². The number of aliphatic hydroxyl groups excluding tert-OH is 1. The van der Waals surface area contributed by atoms with Crippen LogP contribution in [0.5, 0.6) is 0 Å². The van der Waals surface area contributed by atoms with E-state index in [1.807, 2.05) is 30.3 Å². The van der Waals surface area contributed by atoms with Gasteiger partial charge in [0.25, 0.3) is 5.91 Å². The van der Waals surface area contributed by atoms with Gasteiger partial charge >= 0.3 is 0 Å². The molecule has 5 heteroatoms. The molecule has 0 aromatic heterocycles. The normalized spacial score (nSPS) is 21.7. The molecule has 0 bridgehead atoms. The number of nitrogens with zero attached hydrogens (tertiary/aromatic N) is 1. The second-order valence-corrected chi connectivity index (χ2v) is 4.74. The van der Waals surface area contributed by atoms with Gasteiger partial charge in [-0.05, 0) is 18.9 Å². The molecule has 102 valence electrons. The summed E-state index contributed by atoms with van der Waals surface area (Å²) in [4.78, 5) is 17.3. The van der Waals surface area contributed by atoms with E-state index in [0.29, 0.717) is 19.4 Å². The molecule has 1 heterocycles. The van der Waals surface area contributed by atoms with Crippen molar-refractivity contribution in [3.63, 3.8) is 0 Å². The largest absolute Gasteiger partial charge is 0.396 e. The number of amides is 1. The van der Waals surface area contributed by atoms with Crippen LogP contribution < -0.4 is 5.32 Å². The van der Waals surface area contributed by atoms with Crippen molar-refractivity contribution in [2.45, 2.75) is 25.4 Å². The van der Waals surface area contributed by atoms with Crippen LogP contribution >= 0.6 is 0 Å². The van der Waals surface area contributed by atoms with Gasteiger partial charge in [-0.15, -0.1) is 0 Å². The lowest BCUT2D eigenvalue weighted by Gasteiger charge is -2.20. The van der Waals surface area contributed by atoms with E-state index >= 15 is 0 Å². The lowest BCUT2D eigenvalue weighted by molar-refractivity contribution is -0.141. The Bertz CT molecular complexity index is 473. The van der Waals surface area contributed by atoms with Gasteiger partial charge in [-0.1, -0.05) is 35.5 Å². The number of benzene rings is 1. The zero-order valence-electron chi connectivity index (χ0n) is 10.9. The fourth-order valence-electron chi connectivity index (χ4n) is 1.91. The Kier molecular flexibility index (Phi) is 4.16. The zero-order chi connectivity index (χ0) is 13.7. The van der Waals surface area contributed by atoms with Crippen LogP contribution in [0.2, 0.25) is 0 Å². The molecule has 2 N–H and O–H groups in total. The summed E-state index contributed by atoms with van der Waals surface area (Å²) >= 11 is 0. The van der Waals surface area contributed by atoms with E-state index in [1.54, 1.807) is 6.92 Å². The number of oxime groups is 1. The Balaban J connectivity index is 1.97. The van der Waals surface area contributed by atoms with Crippen molar-refractivity contribution in [3.05, 3.63) is 35.9 Å². The number of aliphatic hydroxyl groups is 1. The van der Waals surface area contributed by atoms with E-state index in [9.17, 15) is 4.79 Å². The minimum absolute atomic E-state index is 0.0591. The molecule has 0 radical (unpaired) electrons. The van der Waals surface area contributed by atoms with Gasteiger partial charge in [0.15, 0.2) is 0 Å². The number of carbonyl (C=O) groups is 1. The summed E-state index contributed by atoms with van der Waals surface area (Å²) in [6.07, 6.45) is 0.982. The summed E-state index contributed by atoms with van der Waals surface area (Å²) in [7, 11) is 0.